The Hall–Kier alpha value is -3.60. The minimum Gasteiger partial charge on any atom is -0.478 e. The second-order valence-electron chi connectivity index (χ2n) is 8.09. The summed E-state index contributed by atoms with van der Waals surface area (Å²) in [5, 5.41) is 12.5. The number of hydrogen-bond donors (Lipinski definition) is 2. The van der Waals surface area contributed by atoms with Gasteiger partial charge in [-0.25, -0.2) is 4.79 Å². The van der Waals surface area contributed by atoms with Gasteiger partial charge < -0.3 is 15.3 Å². The smallest absolute Gasteiger partial charge is 0.337 e. The van der Waals surface area contributed by atoms with Gasteiger partial charge in [-0.3, -0.25) is 4.79 Å². The molecule has 0 aliphatic carbocycles. The Bertz CT molecular complexity index is 1140. The molecule has 3 aromatic rings. The first-order valence-corrected chi connectivity index (χ1v) is 10.5. The van der Waals surface area contributed by atoms with Gasteiger partial charge in [0.1, 0.15) is 0 Å². The zero-order valence-corrected chi connectivity index (χ0v) is 17.8. The molecule has 0 bridgehead atoms. The van der Waals surface area contributed by atoms with Crippen LogP contribution >= 0.6 is 0 Å². The lowest BCUT2D eigenvalue weighted by molar-refractivity contribution is 0.0698. The zero-order valence-electron chi connectivity index (χ0n) is 17.8. The minimum atomic E-state index is -1.06. The van der Waals surface area contributed by atoms with Crippen LogP contribution in [0.1, 0.15) is 49.7 Å². The molecule has 1 aliphatic heterocycles. The number of carboxylic acids is 1. The minimum absolute atomic E-state index is 0.0961. The predicted octanol–water partition coefficient (Wildman–Crippen LogP) is 5.25. The molecule has 0 spiro atoms. The Balaban J connectivity index is 1.55. The van der Waals surface area contributed by atoms with Crippen LogP contribution in [0.2, 0.25) is 0 Å². The first kappa shape index (κ1) is 20.7. The van der Waals surface area contributed by atoms with E-state index in [1.165, 1.54) is 11.1 Å². The Morgan fingerprint density at radius 2 is 1.65 bits per heavy atom. The molecule has 1 amide bonds. The first-order valence-electron chi connectivity index (χ1n) is 10.5. The van der Waals surface area contributed by atoms with Crippen molar-refractivity contribution in [3.63, 3.8) is 0 Å². The number of amides is 1. The Morgan fingerprint density at radius 3 is 2.35 bits per heavy atom. The highest BCUT2D eigenvalue weighted by Gasteiger charge is 2.26. The van der Waals surface area contributed by atoms with Gasteiger partial charge in [-0.05, 0) is 61.2 Å². The molecule has 3 aromatic carbocycles. The highest BCUT2D eigenvalue weighted by atomic mass is 16.4. The molecule has 0 aromatic heterocycles. The maximum absolute atomic E-state index is 12.7. The van der Waals surface area contributed by atoms with Crippen LogP contribution in [0.5, 0.6) is 0 Å². The van der Waals surface area contributed by atoms with E-state index in [1.54, 1.807) is 24.3 Å². The Morgan fingerprint density at radius 1 is 0.935 bits per heavy atom. The molecule has 0 unspecified atom stereocenters. The van der Waals surface area contributed by atoms with Gasteiger partial charge in [-0.15, -0.1) is 0 Å². The number of carbonyl (C=O) groups excluding carboxylic acids is 1. The van der Waals surface area contributed by atoms with Crippen LogP contribution in [0.3, 0.4) is 0 Å². The maximum atomic E-state index is 12.7. The van der Waals surface area contributed by atoms with Gasteiger partial charge in [0.15, 0.2) is 0 Å². The number of nitrogens with one attached hydrogen (secondary N) is 1. The van der Waals surface area contributed by atoms with Gasteiger partial charge in [0, 0.05) is 30.3 Å². The van der Waals surface area contributed by atoms with Crippen molar-refractivity contribution in [3.05, 3.63) is 94.5 Å². The van der Waals surface area contributed by atoms with E-state index in [1.807, 2.05) is 25.1 Å². The van der Waals surface area contributed by atoms with Crippen molar-refractivity contribution >= 4 is 23.3 Å². The highest BCUT2D eigenvalue weighted by Crippen LogP contribution is 2.34. The molecule has 0 saturated carbocycles. The molecule has 1 heterocycles. The van der Waals surface area contributed by atoms with Gasteiger partial charge in [0.05, 0.1) is 11.3 Å². The van der Waals surface area contributed by atoms with Crippen LogP contribution < -0.4 is 10.2 Å². The average Bonchev–Trinajstić information content (AvgIpc) is 3.24. The number of nitrogens with zero attached hydrogens (tertiary/aromatic N) is 1. The fraction of sp³-hybridized carbons (Fsp3) is 0.231. The molecular weight excluding hydrogens is 388 g/mol. The number of aromatic carboxylic acids is 1. The van der Waals surface area contributed by atoms with Crippen molar-refractivity contribution in [2.45, 2.75) is 26.2 Å². The Labute approximate surface area is 182 Å². The number of anilines is 2. The molecule has 1 saturated heterocycles. The lowest BCUT2D eigenvalue weighted by atomic mass is 9.94. The molecule has 158 valence electrons. The number of rotatable bonds is 5. The highest BCUT2D eigenvalue weighted by molar-refractivity contribution is 6.08. The summed E-state index contributed by atoms with van der Waals surface area (Å²) < 4.78 is 0. The monoisotopic (exact) mass is 414 g/mol. The number of hydrogen-bond acceptors (Lipinski definition) is 3. The van der Waals surface area contributed by atoms with E-state index in [0.717, 1.165) is 30.8 Å². The quantitative estimate of drug-likeness (QED) is 0.598. The summed E-state index contributed by atoms with van der Waals surface area (Å²) in [4.78, 5) is 26.8. The van der Waals surface area contributed by atoms with Crippen molar-refractivity contribution in [1.29, 1.82) is 0 Å². The summed E-state index contributed by atoms with van der Waals surface area (Å²) >= 11 is 0. The first-order chi connectivity index (χ1) is 14.9. The molecule has 5 heteroatoms. The SMILES string of the molecule is Cc1ccccc1C(=O)Nc1ccc(N2CC[C@@H](c3ccccc3C)C2)cc1C(=O)O. The predicted molar refractivity (Wildman–Crippen MR) is 123 cm³/mol. The topological polar surface area (TPSA) is 69.6 Å². The standard InChI is InChI=1S/C26H26N2O3/c1-17-7-3-5-9-21(17)19-13-14-28(16-19)20-11-12-24(23(15-20)26(30)31)27-25(29)22-10-6-4-8-18(22)2/h3-12,15,19H,13-14,16H2,1-2H3,(H,27,29)(H,30,31)/t19-/m1/s1. The normalized spacial score (nSPS) is 15.7. The van der Waals surface area contributed by atoms with Crippen LogP contribution in [-0.4, -0.2) is 30.1 Å². The molecule has 4 rings (SSSR count). The van der Waals surface area contributed by atoms with Crippen LogP contribution in [0, 0.1) is 13.8 Å². The second kappa shape index (κ2) is 8.64. The summed E-state index contributed by atoms with van der Waals surface area (Å²) in [5.74, 6) is -0.944. The molecule has 1 aliphatic rings. The molecule has 1 fully saturated rings. The van der Waals surface area contributed by atoms with Crippen LogP contribution in [0.25, 0.3) is 0 Å². The summed E-state index contributed by atoms with van der Waals surface area (Å²) in [6.45, 7) is 5.70. The third kappa shape index (κ3) is 4.31. The number of carboxylic acid groups (broad SMARTS) is 1. The van der Waals surface area contributed by atoms with E-state index in [9.17, 15) is 14.7 Å². The maximum Gasteiger partial charge on any atom is 0.337 e. The van der Waals surface area contributed by atoms with Crippen molar-refractivity contribution in [1.82, 2.24) is 0 Å². The lowest BCUT2D eigenvalue weighted by Gasteiger charge is -2.21. The van der Waals surface area contributed by atoms with E-state index in [-0.39, 0.29) is 11.5 Å². The van der Waals surface area contributed by atoms with Crippen molar-refractivity contribution in [3.8, 4) is 0 Å². The van der Waals surface area contributed by atoms with E-state index in [0.29, 0.717) is 17.2 Å². The van der Waals surface area contributed by atoms with Gasteiger partial charge in [-0.2, -0.15) is 0 Å². The van der Waals surface area contributed by atoms with E-state index < -0.39 is 5.97 Å². The van der Waals surface area contributed by atoms with Crippen molar-refractivity contribution in [2.24, 2.45) is 0 Å². The second-order valence-corrected chi connectivity index (χ2v) is 8.09. The van der Waals surface area contributed by atoms with Crippen LogP contribution in [0.15, 0.2) is 66.7 Å². The number of carbonyl (C=O) groups is 2. The molecule has 31 heavy (non-hydrogen) atoms. The van der Waals surface area contributed by atoms with Gasteiger partial charge in [0.25, 0.3) is 5.91 Å². The largest absolute Gasteiger partial charge is 0.478 e. The summed E-state index contributed by atoms with van der Waals surface area (Å²) in [6, 6.07) is 20.9. The number of aryl methyl sites for hydroxylation is 2. The van der Waals surface area contributed by atoms with Gasteiger partial charge in [0.2, 0.25) is 0 Å². The summed E-state index contributed by atoms with van der Waals surface area (Å²) in [7, 11) is 0. The summed E-state index contributed by atoms with van der Waals surface area (Å²) in [5.41, 5.74) is 5.28. The fourth-order valence-corrected chi connectivity index (χ4v) is 4.33. The van der Waals surface area contributed by atoms with Crippen LogP contribution in [-0.2, 0) is 0 Å². The molecular formula is C26H26N2O3. The molecule has 5 nitrogen and oxygen atoms in total. The van der Waals surface area contributed by atoms with Gasteiger partial charge >= 0.3 is 5.97 Å². The third-order valence-electron chi connectivity index (χ3n) is 6.05. The Kier molecular flexibility index (Phi) is 5.76. The lowest BCUT2D eigenvalue weighted by Crippen LogP contribution is -2.21. The zero-order chi connectivity index (χ0) is 22.0. The van der Waals surface area contributed by atoms with Crippen molar-refractivity contribution in [2.75, 3.05) is 23.3 Å². The van der Waals surface area contributed by atoms with Gasteiger partial charge in [-0.1, -0.05) is 42.5 Å². The third-order valence-corrected chi connectivity index (χ3v) is 6.05. The number of benzene rings is 3. The summed E-state index contributed by atoms with van der Waals surface area (Å²) in [6.07, 6.45) is 1.03. The van der Waals surface area contributed by atoms with E-state index in [2.05, 4.69) is 41.4 Å². The van der Waals surface area contributed by atoms with E-state index >= 15 is 0 Å². The van der Waals surface area contributed by atoms with E-state index in [4.69, 9.17) is 0 Å². The fourth-order valence-electron chi connectivity index (χ4n) is 4.33. The molecule has 2 N–H and O–H groups in total. The van der Waals surface area contributed by atoms with Crippen molar-refractivity contribution < 1.29 is 14.7 Å². The van der Waals surface area contributed by atoms with Crippen LogP contribution in [0.4, 0.5) is 11.4 Å². The molecule has 1 atom stereocenters. The average molecular weight is 415 g/mol. The molecule has 0 radical (unpaired) electrons.